The van der Waals surface area contributed by atoms with E-state index in [-0.39, 0.29) is 18.5 Å². The highest BCUT2D eigenvalue weighted by Gasteiger charge is 2.26. The third kappa shape index (κ3) is 3.85. The zero-order valence-electron chi connectivity index (χ0n) is 14.7. The number of carboxylic acids is 1. The lowest BCUT2D eigenvalue weighted by molar-refractivity contribution is -0.138. The van der Waals surface area contributed by atoms with Crippen LogP contribution in [-0.4, -0.2) is 59.5 Å². The first-order valence-electron chi connectivity index (χ1n) is 8.66. The SMILES string of the molecule is Cc1cccc2cc(C(=O)N3CCCC(N(C)CC(=O)O)CC3)oc12. The fraction of sp³-hybridized carbons (Fsp3) is 0.474. The number of carboxylic acid groups (broad SMARTS) is 1. The van der Waals surface area contributed by atoms with Gasteiger partial charge in [-0.2, -0.15) is 0 Å². The van der Waals surface area contributed by atoms with Crippen LogP contribution < -0.4 is 0 Å². The van der Waals surface area contributed by atoms with E-state index in [1.54, 1.807) is 0 Å². The van der Waals surface area contributed by atoms with E-state index in [9.17, 15) is 9.59 Å². The highest BCUT2D eigenvalue weighted by atomic mass is 16.4. The second-order valence-corrected chi connectivity index (χ2v) is 6.79. The summed E-state index contributed by atoms with van der Waals surface area (Å²) in [5.74, 6) is -0.531. The van der Waals surface area contributed by atoms with Gasteiger partial charge in [-0.1, -0.05) is 18.2 Å². The monoisotopic (exact) mass is 344 g/mol. The number of aryl methyl sites for hydroxylation is 1. The summed E-state index contributed by atoms with van der Waals surface area (Å²) in [4.78, 5) is 27.4. The van der Waals surface area contributed by atoms with Gasteiger partial charge in [-0.15, -0.1) is 0 Å². The number of amides is 1. The van der Waals surface area contributed by atoms with E-state index < -0.39 is 5.97 Å². The van der Waals surface area contributed by atoms with E-state index in [0.29, 0.717) is 18.8 Å². The average Bonchev–Trinajstić information content (AvgIpc) is 2.85. The third-order valence-corrected chi connectivity index (χ3v) is 4.94. The molecule has 2 heterocycles. The van der Waals surface area contributed by atoms with Crippen LogP contribution in [-0.2, 0) is 4.79 Å². The molecule has 0 spiro atoms. The Morgan fingerprint density at radius 2 is 2.12 bits per heavy atom. The van der Waals surface area contributed by atoms with Crippen molar-refractivity contribution >= 4 is 22.8 Å². The van der Waals surface area contributed by atoms with Crippen LogP contribution >= 0.6 is 0 Å². The van der Waals surface area contributed by atoms with Crippen molar-refractivity contribution in [2.75, 3.05) is 26.7 Å². The number of benzene rings is 1. The number of rotatable bonds is 4. The van der Waals surface area contributed by atoms with E-state index in [1.165, 1.54) is 0 Å². The lowest BCUT2D eigenvalue weighted by Gasteiger charge is -2.25. The standard InChI is InChI=1S/C19H24N2O4/c1-13-5-3-6-14-11-16(25-18(13)14)19(24)21-9-4-7-15(8-10-21)20(2)12-17(22)23/h3,5-6,11,15H,4,7-10,12H2,1-2H3,(H,22,23). The van der Waals surface area contributed by atoms with E-state index in [2.05, 4.69) is 0 Å². The first-order valence-corrected chi connectivity index (χ1v) is 8.66. The summed E-state index contributed by atoms with van der Waals surface area (Å²) in [7, 11) is 1.83. The number of furan rings is 1. The van der Waals surface area contributed by atoms with Crippen LogP contribution in [0.5, 0.6) is 0 Å². The van der Waals surface area contributed by atoms with E-state index in [1.807, 2.05) is 48.0 Å². The summed E-state index contributed by atoms with van der Waals surface area (Å²) in [6.45, 7) is 3.28. The third-order valence-electron chi connectivity index (χ3n) is 4.94. The molecule has 6 heteroatoms. The van der Waals surface area contributed by atoms with Gasteiger partial charge in [-0.3, -0.25) is 14.5 Å². The molecule has 0 bridgehead atoms. The number of nitrogens with zero attached hydrogens (tertiary/aromatic N) is 2. The Labute approximate surface area is 147 Å². The van der Waals surface area contributed by atoms with Crippen molar-refractivity contribution in [2.24, 2.45) is 0 Å². The van der Waals surface area contributed by atoms with Crippen molar-refractivity contribution in [2.45, 2.75) is 32.2 Å². The summed E-state index contributed by atoms with van der Waals surface area (Å²) in [5.41, 5.74) is 1.78. The number of fused-ring (bicyclic) bond motifs is 1. The Kier molecular flexibility index (Phi) is 5.08. The number of hydrogen-bond donors (Lipinski definition) is 1. The van der Waals surface area contributed by atoms with Gasteiger partial charge in [0.1, 0.15) is 5.58 Å². The van der Waals surface area contributed by atoms with Crippen molar-refractivity contribution in [1.82, 2.24) is 9.80 Å². The molecule has 0 aliphatic carbocycles. The number of hydrogen-bond acceptors (Lipinski definition) is 4. The zero-order valence-corrected chi connectivity index (χ0v) is 14.7. The number of aliphatic carboxylic acids is 1. The van der Waals surface area contributed by atoms with Gasteiger partial charge >= 0.3 is 5.97 Å². The summed E-state index contributed by atoms with van der Waals surface area (Å²) in [6, 6.07) is 7.86. The fourth-order valence-electron chi connectivity index (χ4n) is 3.54. The molecule has 3 rings (SSSR count). The van der Waals surface area contributed by atoms with Gasteiger partial charge in [0.2, 0.25) is 0 Å². The van der Waals surface area contributed by atoms with Crippen molar-refractivity contribution in [1.29, 1.82) is 0 Å². The van der Waals surface area contributed by atoms with Crippen LogP contribution in [0.25, 0.3) is 11.0 Å². The smallest absolute Gasteiger partial charge is 0.317 e. The predicted octanol–water partition coefficient (Wildman–Crippen LogP) is 2.75. The zero-order chi connectivity index (χ0) is 18.0. The second kappa shape index (κ2) is 7.27. The Morgan fingerprint density at radius 1 is 1.32 bits per heavy atom. The largest absolute Gasteiger partial charge is 0.480 e. The van der Waals surface area contributed by atoms with Crippen molar-refractivity contribution in [3.8, 4) is 0 Å². The normalized spacial score (nSPS) is 18.5. The van der Waals surface area contributed by atoms with Crippen LogP contribution in [0.15, 0.2) is 28.7 Å². The summed E-state index contributed by atoms with van der Waals surface area (Å²) < 4.78 is 5.80. The van der Waals surface area contributed by atoms with Gasteiger partial charge in [-0.05, 0) is 44.9 Å². The van der Waals surface area contributed by atoms with E-state index >= 15 is 0 Å². The van der Waals surface area contributed by atoms with Crippen molar-refractivity contribution in [3.05, 3.63) is 35.6 Å². The minimum atomic E-state index is -0.822. The van der Waals surface area contributed by atoms with Crippen molar-refractivity contribution < 1.29 is 19.1 Å². The first-order chi connectivity index (χ1) is 12.0. The predicted molar refractivity (Wildman–Crippen MR) is 94.8 cm³/mol. The molecule has 1 aliphatic rings. The lowest BCUT2D eigenvalue weighted by Crippen LogP contribution is -2.37. The van der Waals surface area contributed by atoms with Gasteiger partial charge < -0.3 is 14.4 Å². The van der Waals surface area contributed by atoms with Gasteiger partial charge in [0.15, 0.2) is 5.76 Å². The van der Waals surface area contributed by atoms with Gasteiger partial charge in [0.25, 0.3) is 5.91 Å². The summed E-state index contributed by atoms with van der Waals surface area (Å²) in [5, 5.41) is 9.89. The highest BCUT2D eigenvalue weighted by Crippen LogP contribution is 2.24. The van der Waals surface area contributed by atoms with Crippen LogP contribution in [0.4, 0.5) is 0 Å². The molecule has 6 nitrogen and oxygen atoms in total. The number of carbonyl (C=O) groups excluding carboxylic acids is 1. The molecule has 1 amide bonds. The second-order valence-electron chi connectivity index (χ2n) is 6.79. The topological polar surface area (TPSA) is 74.0 Å². The highest BCUT2D eigenvalue weighted by molar-refractivity contribution is 5.96. The van der Waals surface area contributed by atoms with Crippen LogP contribution in [0.1, 0.15) is 35.4 Å². The van der Waals surface area contributed by atoms with Gasteiger partial charge in [-0.25, -0.2) is 0 Å². The Bertz CT molecular complexity index is 783. The molecular weight excluding hydrogens is 320 g/mol. The quantitative estimate of drug-likeness (QED) is 0.923. The maximum absolute atomic E-state index is 12.8. The Morgan fingerprint density at radius 3 is 2.84 bits per heavy atom. The fourth-order valence-corrected chi connectivity index (χ4v) is 3.54. The molecule has 1 atom stereocenters. The van der Waals surface area contributed by atoms with E-state index in [4.69, 9.17) is 9.52 Å². The molecule has 1 aromatic heterocycles. The maximum atomic E-state index is 12.8. The molecule has 1 unspecified atom stereocenters. The average molecular weight is 344 g/mol. The van der Waals surface area contributed by atoms with Gasteiger partial charge in [0, 0.05) is 24.5 Å². The molecule has 1 aromatic carbocycles. The molecular formula is C19H24N2O4. The lowest BCUT2D eigenvalue weighted by atomic mass is 10.1. The Balaban J connectivity index is 1.70. The molecule has 1 aliphatic heterocycles. The first kappa shape index (κ1) is 17.5. The van der Waals surface area contributed by atoms with Gasteiger partial charge in [0.05, 0.1) is 6.54 Å². The molecule has 0 saturated carbocycles. The van der Waals surface area contributed by atoms with Crippen LogP contribution in [0.3, 0.4) is 0 Å². The minimum Gasteiger partial charge on any atom is -0.480 e. The number of carbonyl (C=O) groups is 2. The number of likely N-dealkylation sites (N-methyl/N-ethyl adjacent to an activating group) is 1. The molecule has 1 N–H and O–H groups in total. The molecule has 134 valence electrons. The van der Waals surface area contributed by atoms with Crippen LogP contribution in [0, 0.1) is 6.92 Å². The molecule has 1 saturated heterocycles. The molecule has 25 heavy (non-hydrogen) atoms. The van der Waals surface area contributed by atoms with E-state index in [0.717, 1.165) is 35.8 Å². The summed E-state index contributed by atoms with van der Waals surface area (Å²) in [6.07, 6.45) is 2.53. The van der Waals surface area contributed by atoms with Crippen molar-refractivity contribution in [3.63, 3.8) is 0 Å². The summed E-state index contributed by atoms with van der Waals surface area (Å²) >= 11 is 0. The maximum Gasteiger partial charge on any atom is 0.317 e. The molecule has 1 fully saturated rings. The Hall–Kier alpha value is -2.34. The molecule has 0 radical (unpaired) electrons. The number of likely N-dealkylation sites (tertiary alicyclic amines) is 1. The van der Waals surface area contributed by atoms with Crippen LogP contribution in [0.2, 0.25) is 0 Å². The molecule has 2 aromatic rings. The minimum absolute atomic E-state index is 0.0292. The number of para-hydroxylation sites is 1.